The molecule has 0 spiro atoms. The first-order chi connectivity index (χ1) is 21.7. The lowest BCUT2D eigenvalue weighted by Gasteiger charge is -2.44. The van der Waals surface area contributed by atoms with Crippen LogP contribution in [0.3, 0.4) is 0 Å². The number of piperazine rings is 1. The van der Waals surface area contributed by atoms with E-state index in [1.54, 1.807) is 24.3 Å². The molecule has 4 unspecified atom stereocenters. The van der Waals surface area contributed by atoms with Crippen LogP contribution in [0.5, 0.6) is 0 Å². The first kappa shape index (κ1) is 32.0. The number of hydrogen-bond acceptors (Lipinski definition) is 9. The Labute approximate surface area is 261 Å². The Morgan fingerprint density at radius 2 is 1.56 bits per heavy atom. The molecule has 4 atom stereocenters. The van der Waals surface area contributed by atoms with Crippen LogP contribution in [0.1, 0.15) is 48.8 Å². The molecule has 238 valence electrons. The minimum absolute atomic E-state index is 0.0155. The molecule has 3 aromatic rings. The summed E-state index contributed by atoms with van der Waals surface area (Å²) in [5, 5.41) is 32.1. The third-order valence-electron chi connectivity index (χ3n) is 8.39. The third kappa shape index (κ3) is 8.22. The highest BCUT2D eigenvalue weighted by Crippen LogP contribution is 2.42. The molecule has 12 heteroatoms. The fourth-order valence-electron chi connectivity index (χ4n) is 5.72. The molecule has 5 rings (SSSR count). The van der Waals surface area contributed by atoms with E-state index in [9.17, 15) is 24.8 Å². The predicted octanol–water partition coefficient (Wildman–Crippen LogP) is 4.50. The molecule has 0 aromatic heterocycles. The average molecular weight is 619 g/mol. The van der Waals surface area contributed by atoms with Crippen LogP contribution in [0.15, 0.2) is 72.8 Å². The second kappa shape index (κ2) is 14.6. The van der Waals surface area contributed by atoms with Crippen LogP contribution >= 0.6 is 0 Å². The van der Waals surface area contributed by atoms with Crippen molar-refractivity contribution in [1.82, 2.24) is 4.90 Å². The molecule has 3 aromatic carbocycles. The van der Waals surface area contributed by atoms with Gasteiger partial charge in [0.1, 0.15) is 0 Å². The lowest BCUT2D eigenvalue weighted by atomic mass is 9.90. The summed E-state index contributed by atoms with van der Waals surface area (Å²) in [6.45, 7) is 5.95. The Morgan fingerprint density at radius 3 is 2.16 bits per heavy atom. The van der Waals surface area contributed by atoms with Crippen LogP contribution < -0.4 is 10.2 Å². The van der Waals surface area contributed by atoms with E-state index in [0.717, 1.165) is 48.6 Å². The summed E-state index contributed by atoms with van der Waals surface area (Å²) in [6, 6.07) is 21.6. The van der Waals surface area contributed by atoms with Gasteiger partial charge in [-0.2, -0.15) is 0 Å². The number of hydrogen-bond donors (Lipinski definition) is 3. The number of anilines is 2. The Kier molecular flexibility index (Phi) is 10.4. The van der Waals surface area contributed by atoms with Crippen LogP contribution in [0.25, 0.3) is 0 Å². The van der Waals surface area contributed by atoms with Gasteiger partial charge in [0.25, 0.3) is 5.69 Å². The minimum atomic E-state index is -1.03. The molecular weight excluding hydrogens is 580 g/mol. The van der Waals surface area contributed by atoms with Gasteiger partial charge in [0.2, 0.25) is 5.91 Å². The number of aliphatic hydroxyl groups excluding tert-OH is 1. The predicted molar refractivity (Wildman–Crippen MR) is 167 cm³/mol. The molecule has 2 fully saturated rings. The molecule has 3 N–H and O–H groups in total. The SMILES string of the molecule is CC1C(CN2CCN(c3ccc([N+](=O)[O-])cc3)CC2)OC(c2ccc(NC(=O)CCC(=O)O)cc2)OC1c1ccc(CO)cc1. The maximum Gasteiger partial charge on any atom is 0.303 e. The van der Waals surface area contributed by atoms with Gasteiger partial charge in [0.05, 0.1) is 30.2 Å². The number of ether oxygens (including phenoxy) is 2. The lowest BCUT2D eigenvalue weighted by molar-refractivity contribution is -0.384. The highest BCUT2D eigenvalue weighted by Gasteiger charge is 2.39. The van der Waals surface area contributed by atoms with E-state index < -0.39 is 17.2 Å². The van der Waals surface area contributed by atoms with E-state index in [1.807, 2.05) is 36.4 Å². The zero-order valence-electron chi connectivity index (χ0n) is 25.1. The van der Waals surface area contributed by atoms with Gasteiger partial charge in [0.15, 0.2) is 6.29 Å². The molecule has 45 heavy (non-hydrogen) atoms. The monoisotopic (exact) mass is 618 g/mol. The first-order valence-corrected chi connectivity index (χ1v) is 15.0. The molecule has 2 saturated heterocycles. The fraction of sp³-hybridized carbons (Fsp3) is 0.394. The average Bonchev–Trinajstić information content (AvgIpc) is 3.05. The molecule has 0 bridgehead atoms. The van der Waals surface area contributed by atoms with E-state index in [1.165, 1.54) is 12.1 Å². The van der Waals surface area contributed by atoms with Crippen LogP contribution in [-0.2, 0) is 25.7 Å². The number of carbonyl (C=O) groups is 2. The Bertz CT molecular complexity index is 1460. The second-order valence-electron chi connectivity index (χ2n) is 11.4. The number of aliphatic carboxylic acids is 1. The van der Waals surface area contributed by atoms with Gasteiger partial charge in [-0.3, -0.25) is 24.6 Å². The summed E-state index contributed by atoms with van der Waals surface area (Å²) in [6.07, 6.45) is -1.43. The van der Waals surface area contributed by atoms with Gasteiger partial charge in [-0.15, -0.1) is 0 Å². The molecule has 0 aliphatic carbocycles. The van der Waals surface area contributed by atoms with E-state index in [2.05, 4.69) is 22.0 Å². The summed E-state index contributed by atoms with van der Waals surface area (Å²) in [5.41, 5.74) is 4.19. The van der Waals surface area contributed by atoms with Gasteiger partial charge >= 0.3 is 5.97 Å². The van der Waals surface area contributed by atoms with Gasteiger partial charge < -0.3 is 29.9 Å². The Morgan fingerprint density at radius 1 is 0.911 bits per heavy atom. The summed E-state index contributed by atoms with van der Waals surface area (Å²) in [7, 11) is 0. The van der Waals surface area contributed by atoms with Gasteiger partial charge in [-0.05, 0) is 35.4 Å². The summed E-state index contributed by atoms with van der Waals surface area (Å²) < 4.78 is 13.1. The molecule has 2 aliphatic rings. The minimum Gasteiger partial charge on any atom is -0.481 e. The number of carboxylic acids is 1. The maximum atomic E-state index is 12.1. The summed E-state index contributed by atoms with van der Waals surface area (Å²) in [4.78, 5) is 38.1. The second-order valence-corrected chi connectivity index (χ2v) is 11.4. The molecule has 2 aliphatic heterocycles. The van der Waals surface area contributed by atoms with Crippen molar-refractivity contribution in [2.75, 3.05) is 42.9 Å². The highest BCUT2D eigenvalue weighted by molar-refractivity contribution is 5.92. The number of carboxylic acid groups (broad SMARTS) is 1. The smallest absolute Gasteiger partial charge is 0.303 e. The lowest BCUT2D eigenvalue weighted by Crippen LogP contribution is -2.51. The fourth-order valence-corrected chi connectivity index (χ4v) is 5.72. The Hall–Kier alpha value is -4.36. The number of nitro benzene ring substituents is 1. The highest BCUT2D eigenvalue weighted by atomic mass is 16.7. The third-order valence-corrected chi connectivity index (χ3v) is 8.39. The number of nitro groups is 1. The van der Waals surface area contributed by atoms with Crippen molar-refractivity contribution in [1.29, 1.82) is 0 Å². The molecule has 12 nitrogen and oxygen atoms in total. The molecular formula is C33H38N4O8. The van der Waals surface area contributed by atoms with Crippen molar-refractivity contribution in [3.05, 3.63) is 99.6 Å². The maximum absolute atomic E-state index is 12.1. The van der Waals surface area contributed by atoms with Gasteiger partial charge in [-0.1, -0.05) is 43.3 Å². The van der Waals surface area contributed by atoms with Crippen LogP contribution in [0.2, 0.25) is 0 Å². The number of non-ortho nitro benzene ring substituents is 1. The van der Waals surface area contributed by atoms with Crippen LogP contribution in [0, 0.1) is 16.0 Å². The van der Waals surface area contributed by atoms with Crippen molar-refractivity contribution in [2.24, 2.45) is 5.92 Å². The standard InChI is InChI=1S/C33H38N4O8/c1-22-29(20-35-16-18-36(19-17-35)27-10-12-28(13-11-27)37(42)43)44-33(45-32(22)24-4-2-23(21-38)3-5-24)25-6-8-26(9-7-25)34-30(39)14-15-31(40)41/h2-13,22,29,32-33,38H,14-21H2,1H3,(H,34,39)(H,40,41). The zero-order valence-corrected chi connectivity index (χ0v) is 25.1. The molecule has 2 heterocycles. The van der Waals surface area contributed by atoms with Crippen molar-refractivity contribution in [2.45, 2.75) is 44.9 Å². The van der Waals surface area contributed by atoms with Crippen LogP contribution in [0.4, 0.5) is 17.1 Å². The summed E-state index contributed by atoms with van der Waals surface area (Å²) >= 11 is 0. The number of nitrogens with zero attached hydrogens (tertiary/aromatic N) is 3. The summed E-state index contributed by atoms with van der Waals surface area (Å²) in [5.74, 6) is -1.38. The number of carbonyl (C=O) groups excluding carboxylic acids is 1. The number of nitrogens with one attached hydrogen (secondary N) is 1. The van der Waals surface area contributed by atoms with Crippen molar-refractivity contribution in [3.63, 3.8) is 0 Å². The molecule has 0 radical (unpaired) electrons. The van der Waals surface area contributed by atoms with E-state index >= 15 is 0 Å². The number of rotatable bonds is 11. The Balaban J connectivity index is 1.27. The number of aliphatic hydroxyl groups is 1. The van der Waals surface area contributed by atoms with Gasteiger partial charge in [-0.25, -0.2) is 0 Å². The van der Waals surface area contributed by atoms with E-state index in [4.69, 9.17) is 14.6 Å². The van der Waals surface area contributed by atoms with Crippen molar-refractivity contribution in [3.8, 4) is 0 Å². The van der Waals surface area contributed by atoms with Gasteiger partial charge in [0, 0.05) is 74.1 Å². The first-order valence-electron chi connectivity index (χ1n) is 15.0. The van der Waals surface area contributed by atoms with E-state index in [0.29, 0.717) is 12.2 Å². The molecule has 0 saturated carbocycles. The quantitative estimate of drug-likeness (QED) is 0.207. The van der Waals surface area contributed by atoms with Crippen molar-refractivity contribution < 1.29 is 34.2 Å². The van der Waals surface area contributed by atoms with Crippen LogP contribution in [-0.4, -0.2) is 70.7 Å². The number of benzene rings is 3. The van der Waals surface area contributed by atoms with Crippen molar-refractivity contribution >= 4 is 28.9 Å². The topological polar surface area (TPSA) is 155 Å². The molecule has 1 amide bonds. The van der Waals surface area contributed by atoms with E-state index in [-0.39, 0.29) is 49.2 Å². The zero-order chi connectivity index (χ0) is 31.9. The normalized spacial score (nSPS) is 22.1. The number of amides is 1. The largest absolute Gasteiger partial charge is 0.481 e.